The van der Waals surface area contributed by atoms with E-state index in [9.17, 15) is 4.79 Å². The van der Waals surface area contributed by atoms with Gasteiger partial charge in [0.25, 0.3) is 0 Å². The van der Waals surface area contributed by atoms with Crippen molar-refractivity contribution >= 4 is 28.3 Å². The van der Waals surface area contributed by atoms with E-state index >= 15 is 0 Å². The second kappa shape index (κ2) is 11.0. The maximum atomic E-state index is 13.4. The number of aromatic nitrogens is 3. The number of anilines is 2. The van der Waals surface area contributed by atoms with Crippen LogP contribution in [0.2, 0.25) is 0 Å². The summed E-state index contributed by atoms with van der Waals surface area (Å²) in [6.45, 7) is 6.22. The summed E-state index contributed by atoms with van der Waals surface area (Å²) >= 11 is 0. The van der Waals surface area contributed by atoms with Crippen LogP contribution in [0.4, 0.5) is 11.6 Å². The summed E-state index contributed by atoms with van der Waals surface area (Å²) in [7, 11) is 0. The molecular formula is C34H38N6O2. The second-order valence-electron chi connectivity index (χ2n) is 12.2. The number of hydrogen-bond donors (Lipinski definition) is 3. The Balaban J connectivity index is 1.17. The van der Waals surface area contributed by atoms with Crippen molar-refractivity contribution in [2.75, 3.05) is 23.7 Å². The Morgan fingerprint density at radius 2 is 1.88 bits per heavy atom. The van der Waals surface area contributed by atoms with Crippen molar-refractivity contribution in [1.82, 2.24) is 20.3 Å². The first kappa shape index (κ1) is 26.8. The van der Waals surface area contributed by atoms with Gasteiger partial charge in [-0.25, -0.2) is 15.0 Å². The quantitative estimate of drug-likeness (QED) is 0.230. The molecule has 216 valence electrons. The van der Waals surface area contributed by atoms with Gasteiger partial charge in [0, 0.05) is 47.4 Å². The molecule has 2 aromatic heterocycles. The third-order valence-corrected chi connectivity index (χ3v) is 9.73. The van der Waals surface area contributed by atoms with Crippen molar-refractivity contribution in [3.8, 4) is 22.9 Å². The molecule has 0 radical (unpaired) electrons. The zero-order valence-corrected chi connectivity index (χ0v) is 24.3. The Morgan fingerprint density at radius 1 is 1.00 bits per heavy atom. The van der Waals surface area contributed by atoms with Crippen LogP contribution in [-0.2, 0) is 4.79 Å². The number of hydrogen-bond acceptors (Lipinski definition) is 7. The molecule has 1 saturated heterocycles. The highest BCUT2D eigenvalue weighted by atomic mass is 16.5. The lowest BCUT2D eigenvalue weighted by Crippen LogP contribution is -2.38. The van der Waals surface area contributed by atoms with Crippen molar-refractivity contribution in [3.05, 3.63) is 66.5 Å². The average molecular weight is 563 g/mol. The molecule has 3 aliphatic rings. The van der Waals surface area contributed by atoms with Gasteiger partial charge in [-0.2, -0.15) is 0 Å². The molecular weight excluding hydrogens is 524 g/mol. The van der Waals surface area contributed by atoms with E-state index < -0.39 is 0 Å². The lowest BCUT2D eigenvalue weighted by Gasteiger charge is -2.23. The van der Waals surface area contributed by atoms with Crippen molar-refractivity contribution in [1.29, 1.82) is 0 Å². The first-order valence-electron chi connectivity index (χ1n) is 15.3. The van der Waals surface area contributed by atoms with E-state index in [-0.39, 0.29) is 17.2 Å². The molecule has 1 aliphatic heterocycles. The summed E-state index contributed by atoms with van der Waals surface area (Å²) in [5.41, 5.74) is 3.55. The number of piperidine rings is 1. The number of benzene rings is 2. The highest BCUT2D eigenvalue weighted by molar-refractivity contribution is 6.06. The normalized spacial score (nSPS) is 22.7. The van der Waals surface area contributed by atoms with Crippen molar-refractivity contribution in [3.63, 3.8) is 0 Å². The van der Waals surface area contributed by atoms with Crippen LogP contribution in [0.5, 0.6) is 11.6 Å². The Labute approximate surface area is 246 Å². The second-order valence-corrected chi connectivity index (χ2v) is 12.2. The molecule has 1 spiro atoms. The Kier molecular flexibility index (Phi) is 7.02. The summed E-state index contributed by atoms with van der Waals surface area (Å²) in [5, 5.41) is 12.0. The van der Waals surface area contributed by atoms with E-state index in [4.69, 9.17) is 9.72 Å². The van der Waals surface area contributed by atoms with Crippen LogP contribution in [0.1, 0.15) is 51.0 Å². The van der Waals surface area contributed by atoms with Crippen LogP contribution in [-0.4, -0.2) is 40.0 Å². The molecule has 8 heteroatoms. The third kappa shape index (κ3) is 4.87. The minimum Gasteiger partial charge on any atom is -0.437 e. The summed E-state index contributed by atoms with van der Waals surface area (Å²) in [5.74, 6) is 2.49. The molecule has 2 saturated carbocycles. The monoisotopic (exact) mass is 562 g/mol. The maximum absolute atomic E-state index is 13.4. The van der Waals surface area contributed by atoms with E-state index in [0.717, 1.165) is 65.0 Å². The largest absolute Gasteiger partial charge is 0.437 e. The molecule has 42 heavy (non-hydrogen) atoms. The van der Waals surface area contributed by atoms with Crippen LogP contribution in [0.15, 0.2) is 60.9 Å². The standard InChI is InChI=1S/C34H38N6O2/c1-21-12-13-24-25(9-5-11-27(24)39-31(41)29-22(2)34(29)15-3-4-16-34)30(21)42-32-26(10-7-18-36-32)28-14-19-37-33(40-28)38-23-8-6-17-35-20-23/h5,7,9-14,18-19,22-23,29,35H,3-4,6,8,15-17,20H2,1-2H3,(H,39,41)(H,37,38,40)/t22?,23-,29?/m0/s1. The first-order valence-corrected chi connectivity index (χ1v) is 15.3. The number of rotatable bonds is 7. The molecule has 3 N–H and O–H groups in total. The predicted molar refractivity (Wildman–Crippen MR) is 166 cm³/mol. The molecule has 0 bridgehead atoms. The Hall–Kier alpha value is -4.04. The van der Waals surface area contributed by atoms with Crippen molar-refractivity contribution < 1.29 is 9.53 Å². The van der Waals surface area contributed by atoms with E-state index in [1.807, 2.05) is 49.4 Å². The highest BCUT2D eigenvalue weighted by Gasteiger charge is 2.65. The number of fused-ring (bicyclic) bond motifs is 1. The van der Waals surface area contributed by atoms with Gasteiger partial charge in [-0.05, 0) is 80.3 Å². The van der Waals surface area contributed by atoms with E-state index in [0.29, 0.717) is 23.8 Å². The topological polar surface area (TPSA) is 101 Å². The maximum Gasteiger partial charge on any atom is 0.228 e. The van der Waals surface area contributed by atoms with E-state index in [1.54, 1.807) is 12.4 Å². The summed E-state index contributed by atoms with van der Waals surface area (Å²) in [6.07, 6.45) is 10.5. The van der Waals surface area contributed by atoms with Crippen molar-refractivity contribution in [2.45, 2.75) is 58.4 Å². The minimum atomic E-state index is 0.106. The number of carbonyl (C=O) groups is 1. The minimum absolute atomic E-state index is 0.106. The summed E-state index contributed by atoms with van der Waals surface area (Å²) in [4.78, 5) is 27.3. The molecule has 2 aliphatic carbocycles. The number of nitrogens with one attached hydrogen (secondary N) is 3. The van der Waals surface area contributed by atoms with Gasteiger partial charge in [0.15, 0.2) is 0 Å². The molecule has 2 unspecified atom stereocenters. The zero-order chi connectivity index (χ0) is 28.7. The number of carbonyl (C=O) groups excluding carboxylic acids is 1. The number of ether oxygens (including phenoxy) is 1. The van der Waals surface area contributed by atoms with Gasteiger partial charge in [-0.15, -0.1) is 0 Å². The lowest BCUT2D eigenvalue weighted by molar-refractivity contribution is -0.118. The predicted octanol–water partition coefficient (Wildman–Crippen LogP) is 6.72. The average Bonchev–Trinajstić information content (AvgIpc) is 3.31. The van der Waals surface area contributed by atoms with E-state index in [1.165, 1.54) is 25.7 Å². The summed E-state index contributed by atoms with van der Waals surface area (Å²) in [6, 6.07) is 16.2. The number of pyridine rings is 1. The molecule has 4 aromatic rings. The van der Waals surface area contributed by atoms with Crippen LogP contribution in [0, 0.1) is 24.2 Å². The lowest BCUT2D eigenvalue weighted by atomic mass is 10.00. The smallest absolute Gasteiger partial charge is 0.228 e. The molecule has 7 rings (SSSR count). The number of aryl methyl sites for hydroxylation is 1. The van der Waals surface area contributed by atoms with Crippen LogP contribution in [0.3, 0.4) is 0 Å². The Morgan fingerprint density at radius 3 is 2.71 bits per heavy atom. The SMILES string of the molecule is Cc1ccc2c(NC(=O)C3C(C)C34CCCC4)cccc2c1Oc1ncccc1-c1ccnc(N[C@H]2CCCNC2)n1. The zero-order valence-electron chi connectivity index (χ0n) is 24.3. The van der Waals surface area contributed by atoms with Crippen LogP contribution in [0.25, 0.3) is 22.0 Å². The van der Waals surface area contributed by atoms with Gasteiger partial charge in [0.1, 0.15) is 5.75 Å². The summed E-state index contributed by atoms with van der Waals surface area (Å²) < 4.78 is 6.60. The number of nitrogens with zero attached hydrogens (tertiary/aromatic N) is 3. The van der Waals surface area contributed by atoms with Gasteiger partial charge < -0.3 is 20.7 Å². The molecule has 2 aromatic carbocycles. The molecule has 8 nitrogen and oxygen atoms in total. The van der Waals surface area contributed by atoms with Gasteiger partial charge in [-0.3, -0.25) is 4.79 Å². The highest BCUT2D eigenvalue weighted by Crippen LogP contribution is 2.67. The molecule has 1 amide bonds. The van der Waals surface area contributed by atoms with E-state index in [2.05, 4.69) is 38.9 Å². The third-order valence-electron chi connectivity index (χ3n) is 9.73. The van der Waals surface area contributed by atoms with Crippen LogP contribution < -0.4 is 20.7 Å². The van der Waals surface area contributed by atoms with Crippen molar-refractivity contribution in [2.24, 2.45) is 17.3 Å². The first-order chi connectivity index (χ1) is 20.5. The van der Waals surface area contributed by atoms with Gasteiger partial charge >= 0.3 is 0 Å². The Bertz CT molecular complexity index is 1630. The molecule has 3 fully saturated rings. The molecule has 3 atom stereocenters. The van der Waals surface area contributed by atoms with Gasteiger partial charge in [0.2, 0.25) is 17.7 Å². The van der Waals surface area contributed by atoms with Gasteiger partial charge in [0.05, 0.1) is 11.3 Å². The fraction of sp³-hybridized carbons (Fsp3) is 0.412. The number of amides is 1. The van der Waals surface area contributed by atoms with Crippen LogP contribution >= 0.6 is 0 Å². The fourth-order valence-electron chi connectivity index (χ4n) is 7.38. The fourth-order valence-corrected chi connectivity index (χ4v) is 7.38. The van der Waals surface area contributed by atoms with Gasteiger partial charge in [-0.1, -0.05) is 44.0 Å². The molecule has 3 heterocycles.